The molecule has 41 heavy (non-hydrogen) atoms. The highest BCUT2D eigenvalue weighted by molar-refractivity contribution is 5.98. The summed E-state index contributed by atoms with van der Waals surface area (Å²) in [5, 5.41) is 2.37. The number of fused-ring (bicyclic) bond motifs is 2. The third-order valence-corrected chi connectivity index (χ3v) is 8.91. The van der Waals surface area contributed by atoms with Crippen molar-refractivity contribution in [1.82, 2.24) is 19.8 Å². The molecule has 1 amide bonds. The summed E-state index contributed by atoms with van der Waals surface area (Å²) < 4.78 is 17.0. The summed E-state index contributed by atoms with van der Waals surface area (Å²) in [5.41, 5.74) is 4.21. The smallest absolute Gasteiger partial charge is 0.270 e. The summed E-state index contributed by atoms with van der Waals surface area (Å²) in [6.07, 6.45) is 6.37. The van der Waals surface area contributed by atoms with Gasteiger partial charge in [0.05, 0.1) is 26.4 Å². The number of nitrogens with zero attached hydrogens (tertiary/aromatic N) is 2. The first-order valence-corrected chi connectivity index (χ1v) is 15.1. The van der Waals surface area contributed by atoms with Gasteiger partial charge in [0.1, 0.15) is 11.4 Å². The Balaban J connectivity index is 1.09. The van der Waals surface area contributed by atoms with Crippen molar-refractivity contribution >= 4 is 27.7 Å². The number of carbonyl (C=O) groups excluding carboxylic acids is 1. The fraction of sp³-hybridized carbons (Fsp3) is 0.485. The number of nitrogens with one attached hydrogen (secondary N) is 2. The van der Waals surface area contributed by atoms with Crippen molar-refractivity contribution in [3.05, 3.63) is 66.0 Å². The van der Waals surface area contributed by atoms with E-state index in [0.717, 1.165) is 62.0 Å². The second-order valence-electron chi connectivity index (χ2n) is 11.4. The maximum absolute atomic E-state index is 13.8. The van der Waals surface area contributed by atoms with Gasteiger partial charge in [-0.25, -0.2) is 0 Å². The van der Waals surface area contributed by atoms with Crippen LogP contribution >= 0.6 is 0 Å². The topological polar surface area (TPSA) is 82.8 Å². The zero-order valence-corrected chi connectivity index (χ0v) is 24.2. The molecule has 2 aliphatic rings. The Kier molecular flexibility index (Phi) is 8.60. The van der Waals surface area contributed by atoms with Gasteiger partial charge in [-0.05, 0) is 81.4 Å². The van der Waals surface area contributed by atoms with Crippen LogP contribution in [0.25, 0.3) is 21.8 Å². The summed E-state index contributed by atoms with van der Waals surface area (Å²) in [5.74, 6) is 1.41. The number of ether oxygens (including phenoxy) is 3. The minimum Gasteiger partial charge on any atom is -0.497 e. The second kappa shape index (κ2) is 12.7. The monoisotopic (exact) mass is 558 g/mol. The number of methoxy groups -OCH3 is 1. The van der Waals surface area contributed by atoms with Crippen LogP contribution in [0.3, 0.4) is 0 Å². The second-order valence-corrected chi connectivity index (χ2v) is 11.4. The molecular weight excluding hydrogens is 516 g/mol. The molecular formula is C33H42N4O4. The van der Waals surface area contributed by atoms with Crippen LogP contribution in [0, 0.1) is 0 Å². The summed E-state index contributed by atoms with van der Waals surface area (Å²) in [6, 6.07) is 16.6. The Morgan fingerprint density at radius 3 is 2.73 bits per heavy atom. The first-order chi connectivity index (χ1) is 20.1. The van der Waals surface area contributed by atoms with Gasteiger partial charge in [-0.1, -0.05) is 18.2 Å². The molecule has 0 radical (unpaired) electrons. The molecule has 0 unspecified atom stereocenters. The molecule has 0 spiro atoms. The zero-order valence-electron chi connectivity index (χ0n) is 24.2. The first-order valence-electron chi connectivity index (χ1n) is 15.1. The van der Waals surface area contributed by atoms with Gasteiger partial charge in [0, 0.05) is 59.8 Å². The Morgan fingerprint density at radius 2 is 1.90 bits per heavy atom. The average Bonchev–Trinajstić information content (AvgIpc) is 3.74. The van der Waals surface area contributed by atoms with Crippen molar-refractivity contribution in [2.24, 2.45) is 0 Å². The third kappa shape index (κ3) is 6.15. The van der Waals surface area contributed by atoms with Crippen LogP contribution < -0.4 is 4.74 Å². The van der Waals surface area contributed by atoms with Crippen molar-refractivity contribution in [2.45, 2.75) is 50.7 Å². The normalized spacial score (nSPS) is 20.4. The van der Waals surface area contributed by atoms with Crippen LogP contribution in [-0.2, 0) is 9.47 Å². The van der Waals surface area contributed by atoms with E-state index >= 15 is 0 Å². The van der Waals surface area contributed by atoms with Gasteiger partial charge < -0.3 is 34.0 Å². The Bertz CT molecular complexity index is 1450. The van der Waals surface area contributed by atoms with E-state index in [2.05, 4.69) is 45.3 Å². The Hall–Kier alpha value is -3.33. The van der Waals surface area contributed by atoms with Crippen LogP contribution in [0.4, 0.5) is 0 Å². The van der Waals surface area contributed by atoms with E-state index < -0.39 is 0 Å². The quantitative estimate of drug-likeness (QED) is 0.236. The number of rotatable bonds is 11. The summed E-state index contributed by atoms with van der Waals surface area (Å²) >= 11 is 0. The maximum atomic E-state index is 13.8. The molecule has 2 N–H and O–H groups in total. The van der Waals surface area contributed by atoms with Gasteiger partial charge in [0.25, 0.3) is 5.91 Å². The summed E-state index contributed by atoms with van der Waals surface area (Å²) in [4.78, 5) is 25.2. The maximum Gasteiger partial charge on any atom is 0.270 e. The van der Waals surface area contributed by atoms with E-state index in [9.17, 15) is 4.79 Å². The van der Waals surface area contributed by atoms with E-state index in [-0.39, 0.29) is 18.1 Å². The number of amides is 1. The molecule has 0 bridgehead atoms. The molecule has 8 heteroatoms. The van der Waals surface area contributed by atoms with Crippen molar-refractivity contribution < 1.29 is 19.0 Å². The first kappa shape index (κ1) is 27.8. The number of benzene rings is 2. The average molecular weight is 559 g/mol. The summed E-state index contributed by atoms with van der Waals surface area (Å²) in [7, 11) is 1.65. The van der Waals surface area contributed by atoms with E-state index in [1.54, 1.807) is 7.11 Å². The highest BCUT2D eigenvalue weighted by atomic mass is 16.5. The molecule has 2 fully saturated rings. The number of H-pyrrole nitrogens is 2. The molecule has 2 aromatic heterocycles. The van der Waals surface area contributed by atoms with Crippen LogP contribution in [0.1, 0.15) is 54.6 Å². The van der Waals surface area contributed by atoms with E-state index in [1.165, 1.54) is 16.5 Å². The fourth-order valence-electron chi connectivity index (χ4n) is 6.67. The van der Waals surface area contributed by atoms with Crippen LogP contribution in [0.5, 0.6) is 5.75 Å². The lowest BCUT2D eigenvalue weighted by Crippen LogP contribution is -2.40. The van der Waals surface area contributed by atoms with Crippen molar-refractivity contribution in [3.8, 4) is 5.75 Å². The number of piperidine rings is 1. The molecule has 218 valence electrons. The number of aromatic amines is 2. The molecule has 0 saturated carbocycles. The molecule has 8 nitrogen and oxygen atoms in total. The largest absolute Gasteiger partial charge is 0.497 e. The Morgan fingerprint density at radius 1 is 1.05 bits per heavy atom. The van der Waals surface area contributed by atoms with Gasteiger partial charge in [0.15, 0.2) is 0 Å². The minimum absolute atomic E-state index is 0.0292. The van der Waals surface area contributed by atoms with Crippen molar-refractivity contribution in [3.63, 3.8) is 0 Å². The molecule has 4 heterocycles. The lowest BCUT2D eigenvalue weighted by Gasteiger charge is -2.33. The minimum atomic E-state index is 0.0292. The molecule has 6 rings (SSSR count). The van der Waals surface area contributed by atoms with Crippen molar-refractivity contribution in [1.29, 1.82) is 0 Å². The number of hydrogen-bond donors (Lipinski definition) is 2. The number of hydrogen-bond acceptors (Lipinski definition) is 5. The van der Waals surface area contributed by atoms with Gasteiger partial charge in [-0.15, -0.1) is 0 Å². The SMILES string of the molecule is CCOCCO[C@@H]1C[C@@H](CCN2CCC(c3c[nH]c4ccccc34)CC2)N(C(=O)c2cc3ccc(OC)cc3[nH]2)C1. The van der Waals surface area contributed by atoms with Crippen LogP contribution in [-0.4, -0.2) is 90.9 Å². The fourth-order valence-corrected chi connectivity index (χ4v) is 6.67. The highest BCUT2D eigenvalue weighted by Gasteiger charge is 2.37. The highest BCUT2D eigenvalue weighted by Crippen LogP contribution is 2.34. The molecule has 4 aromatic rings. The van der Waals surface area contributed by atoms with Gasteiger partial charge in [-0.2, -0.15) is 0 Å². The lowest BCUT2D eigenvalue weighted by atomic mass is 9.89. The van der Waals surface area contributed by atoms with Gasteiger partial charge >= 0.3 is 0 Å². The van der Waals surface area contributed by atoms with Crippen LogP contribution in [0.15, 0.2) is 54.7 Å². The number of likely N-dealkylation sites (tertiary alicyclic amines) is 2. The lowest BCUT2D eigenvalue weighted by molar-refractivity contribution is 0.0119. The zero-order chi connectivity index (χ0) is 28.2. The molecule has 0 aliphatic carbocycles. The van der Waals surface area contributed by atoms with E-state index in [1.807, 2.05) is 36.1 Å². The third-order valence-electron chi connectivity index (χ3n) is 8.91. The molecule has 2 saturated heterocycles. The van der Waals surface area contributed by atoms with Gasteiger partial charge in [-0.3, -0.25) is 4.79 Å². The summed E-state index contributed by atoms with van der Waals surface area (Å²) in [6.45, 7) is 7.59. The van der Waals surface area contributed by atoms with Crippen LogP contribution in [0.2, 0.25) is 0 Å². The van der Waals surface area contributed by atoms with Crippen molar-refractivity contribution in [2.75, 3.05) is 53.1 Å². The number of carbonyl (C=O) groups is 1. The predicted molar refractivity (Wildman–Crippen MR) is 162 cm³/mol. The Labute approximate surface area is 241 Å². The number of para-hydroxylation sites is 1. The van der Waals surface area contributed by atoms with E-state index in [4.69, 9.17) is 14.2 Å². The number of aromatic nitrogens is 2. The standard InChI is InChI=1S/C33H42N4O4/c1-3-40-16-17-41-27-19-25(37(22-27)33(38)32-18-24-8-9-26(39-2)20-31(24)35-32)12-15-36-13-10-23(11-14-36)29-21-34-30-7-5-4-6-28(29)30/h4-9,18,20-21,23,25,27,34-35H,3,10-17,19,22H2,1-2H3/t25-,27-/m1/s1. The molecule has 2 atom stereocenters. The molecule has 2 aliphatic heterocycles. The molecule has 2 aromatic carbocycles. The van der Waals surface area contributed by atoms with E-state index in [0.29, 0.717) is 38.0 Å². The predicted octanol–water partition coefficient (Wildman–Crippen LogP) is 5.56. The van der Waals surface area contributed by atoms with Gasteiger partial charge in [0.2, 0.25) is 0 Å².